The van der Waals surface area contributed by atoms with Crippen molar-refractivity contribution in [2.45, 2.75) is 52.1 Å². The molecule has 2 heterocycles. The van der Waals surface area contributed by atoms with Crippen LogP contribution in [0, 0.1) is 18.6 Å². The lowest BCUT2D eigenvalue weighted by Gasteiger charge is -2.38. The van der Waals surface area contributed by atoms with E-state index in [1.54, 1.807) is 35.4 Å². The maximum Gasteiger partial charge on any atom is 0.322 e. The van der Waals surface area contributed by atoms with Crippen LogP contribution in [0.3, 0.4) is 0 Å². The average molecular weight is 645 g/mol. The highest BCUT2D eigenvalue weighted by atomic mass is 32.2. The molecule has 14 heteroatoms. The normalized spacial score (nSPS) is 14.2. The summed E-state index contributed by atoms with van der Waals surface area (Å²) in [7, 11) is -3.37. The Balaban J connectivity index is 1.34. The number of halogens is 2. The minimum atomic E-state index is -3.37. The summed E-state index contributed by atoms with van der Waals surface area (Å²) in [5.74, 6) is -2.17. The van der Waals surface area contributed by atoms with Gasteiger partial charge in [-0.1, -0.05) is 13.3 Å². The number of hydrogen-bond acceptors (Lipinski definition) is 7. The van der Waals surface area contributed by atoms with Crippen molar-refractivity contribution >= 4 is 33.3 Å². The van der Waals surface area contributed by atoms with E-state index >= 15 is 0 Å². The van der Waals surface area contributed by atoms with Crippen molar-refractivity contribution in [3.05, 3.63) is 77.0 Å². The van der Waals surface area contributed by atoms with Gasteiger partial charge in [0.1, 0.15) is 17.4 Å². The number of nitrogens with one attached hydrogen (secondary N) is 2. The van der Waals surface area contributed by atoms with E-state index in [4.69, 9.17) is 10.5 Å². The third kappa shape index (κ3) is 9.35. The Labute approximate surface area is 261 Å². The van der Waals surface area contributed by atoms with Gasteiger partial charge in [-0.05, 0) is 68.1 Å². The average Bonchev–Trinajstić information content (AvgIpc) is 2.97. The Morgan fingerprint density at radius 2 is 1.80 bits per heavy atom. The number of pyridine rings is 1. The summed E-state index contributed by atoms with van der Waals surface area (Å²) < 4.78 is 59.5. The van der Waals surface area contributed by atoms with E-state index in [2.05, 4.69) is 19.9 Å². The molecule has 0 atom stereocenters. The molecule has 1 fully saturated rings. The van der Waals surface area contributed by atoms with Crippen molar-refractivity contribution in [3.63, 3.8) is 0 Å². The zero-order valence-electron chi connectivity index (χ0n) is 25.5. The molecule has 3 amide bonds. The van der Waals surface area contributed by atoms with Gasteiger partial charge >= 0.3 is 6.03 Å². The molecule has 1 aromatic heterocycles. The molecule has 11 nitrogen and oxygen atoms in total. The van der Waals surface area contributed by atoms with Gasteiger partial charge in [-0.15, -0.1) is 0 Å². The minimum absolute atomic E-state index is 0.0819. The van der Waals surface area contributed by atoms with Gasteiger partial charge in [-0.2, -0.15) is 0 Å². The highest BCUT2D eigenvalue weighted by Gasteiger charge is 2.29. The molecular formula is C31H38F2N6O5S. The number of hydrogen-bond donors (Lipinski definition) is 3. The molecule has 0 saturated carbocycles. The molecule has 45 heavy (non-hydrogen) atoms. The van der Waals surface area contributed by atoms with E-state index < -0.39 is 39.2 Å². The zero-order valence-corrected chi connectivity index (χ0v) is 26.3. The van der Waals surface area contributed by atoms with E-state index in [0.717, 1.165) is 49.4 Å². The highest BCUT2D eigenvalue weighted by molar-refractivity contribution is 7.92. The molecule has 3 aromatic rings. The fraction of sp³-hybridized carbons (Fsp3) is 0.387. The summed E-state index contributed by atoms with van der Waals surface area (Å²) in [5, 5.41) is 2.51. The van der Waals surface area contributed by atoms with Crippen LogP contribution in [0.1, 0.15) is 54.1 Å². The molecule has 242 valence electrons. The smallest absolute Gasteiger partial charge is 0.322 e. The SMILES string of the molecule is CCCCN(C(=O)Nc1cc(C(N)=O)c(F)cc1F)C1CCN(Cc2cnc(Oc3ccc(NS(C)(=O)=O)cc3)c(C)c2)CC1. The number of primary amides is 1. The number of aromatic nitrogens is 1. The number of amides is 3. The molecule has 0 aliphatic carbocycles. The van der Waals surface area contributed by atoms with Crippen molar-refractivity contribution in [1.29, 1.82) is 0 Å². The Morgan fingerprint density at radius 3 is 2.40 bits per heavy atom. The number of sulfonamides is 1. The van der Waals surface area contributed by atoms with Crippen LogP contribution in [0.15, 0.2) is 48.7 Å². The van der Waals surface area contributed by atoms with Gasteiger partial charge in [-0.3, -0.25) is 14.4 Å². The van der Waals surface area contributed by atoms with Crippen LogP contribution in [-0.4, -0.2) is 67.1 Å². The highest BCUT2D eigenvalue weighted by Crippen LogP contribution is 2.27. The number of benzene rings is 2. The molecule has 0 radical (unpaired) electrons. The fourth-order valence-electron chi connectivity index (χ4n) is 5.18. The summed E-state index contributed by atoms with van der Waals surface area (Å²) in [4.78, 5) is 33.2. The van der Waals surface area contributed by atoms with Crippen LogP contribution in [0.5, 0.6) is 11.6 Å². The van der Waals surface area contributed by atoms with Crippen LogP contribution in [0.25, 0.3) is 0 Å². The van der Waals surface area contributed by atoms with E-state index in [1.807, 2.05) is 19.9 Å². The predicted octanol–water partition coefficient (Wildman–Crippen LogP) is 5.23. The number of nitrogens with two attached hydrogens (primary N) is 1. The molecular weight excluding hydrogens is 606 g/mol. The molecule has 0 bridgehead atoms. The van der Waals surface area contributed by atoms with E-state index in [0.29, 0.717) is 49.3 Å². The molecule has 2 aromatic carbocycles. The van der Waals surface area contributed by atoms with Crippen LogP contribution in [-0.2, 0) is 16.6 Å². The van der Waals surface area contributed by atoms with Crippen molar-refractivity contribution < 1.29 is 31.5 Å². The number of unbranched alkanes of at least 4 members (excludes halogenated alkanes) is 1. The first-order chi connectivity index (χ1) is 21.3. The van der Waals surface area contributed by atoms with E-state index in [1.165, 1.54) is 0 Å². The first kappa shape index (κ1) is 33.6. The Hall–Kier alpha value is -4.30. The number of anilines is 2. The summed E-state index contributed by atoms with van der Waals surface area (Å²) in [6.45, 7) is 6.49. The number of nitrogens with zero attached hydrogens (tertiary/aromatic N) is 3. The first-order valence-electron chi connectivity index (χ1n) is 14.6. The second kappa shape index (κ2) is 14.7. The standard InChI is InChI=1S/C31H38F2N6O5S/c1-4-5-12-39(31(41)36-28-16-25(29(34)40)26(32)17-27(28)33)23-10-13-38(14-11-23)19-21-15-20(2)30(35-18-21)44-24-8-6-22(7-9-24)37-45(3,42)43/h6-9,15-18,23,37H,4-5,10-14,19H2,1-3H3,(H2,34,40)(H,36,41). The van der Waals surface area contributed by atoms with Crippen molar-refractivity contribution in [1.82, 2.24) is 14.8 Å². The maximum absolute atomic E-state index is 14.4. The number of carbonyl (C=O) groups is 2. The van der Waals surface area contributed by atoms with Gasteiger partial charge in [0.05, 0.1) is 17.5 Å². The van der Waals surface area contributed by atoms with E-state index in [9.17, 15) is 26.8 Å². The number of likely N-dealkylation sites (tertiary alicyclic amines) is 1. The Bertz CT molecular complexity index is 1630. The zero-order chi connectivity index (χ0) is 32.7. The van der Waals surface area contributed by atoms with Gasteiger partial charge < -0.3 is 20.7 Å². The topological polar surface area (TPSA) is 147 Å². The van der Waals surface area contributed by atoms with Gasteiger partial charge in [0.25, 0.3) is 5.91 Å². The van der Waals surface area contributed by atoms with Crippen LogP contribution in [0.2, 0.25) is 0 Å². The lowest BCUT2D eigenvalue weighted by atomic mass is 10.0. The molecule has 4 rings (SSSR count). The molecule has 1 aliphatic heterocycles. The Kier molecular flexibility index (Phi) is 10.9. The molecule has 4 N–H and O–H groups in total. The fourth-order valence-corrected chi connectivity index (χ4v) is 5.74. The van der Waals surface area contributed by atoms with Crippen molar-refractivity contribution in [2.75, 3.05) is 35.9 Å². The van der Waals surface area contributed by atoms with E-state index in [-0.39, 0.29) is 11.7 Å². The molecule has 0 spiro atoms. The summed E-state index contributed by atoms with van der Waals surface area (Å²) in [6.07, 6.45) is 5.86. The number of aryl methyl sites for hydroxylation is 1. The summed E-state index contributed by atoms with van der Waals surface area (Å²) in [6, 6.07) is 9.41. The summed E-state index contributed by atoms with van der Waals surface area (Å²) >= 11 is 0. The second-order valence-electron chi connectivity index (χ2n) is 11.1. The molecule has 0 unspecified atom stereocenters. The molecule has 1 saturated heterocycles. The number of rotatable bonds is 12. The lowest BCUT2D eigenvalue weighted by molar-refractivity contribution is 0.0996. The van der Waals surface area contributed by atoms with Crippen LogP contribution in [0.4, 0.5) is 25.0 Å². The van der Waals surface area contributed by atoms with Gasteiger partial charge in [0.15, 0.2) is 0 Å². The minimum Gasteiger partial charge on any atom is -0.439 e. The first-order valence-corrected chi connectivity index (χ1v) is 16.5. The third-order valence-corrected chi connectivity index (χ3v) is 8.05. The van der Waals surface area contributed by atoms with Gasteiger partial charge in [0.2, 0.25) is 15.9 Å². The summed E-state index contributed by atoms with van der Waals surface area (Å²) in [5.41, 5.74) is 6.67. The van der Waals surface area contributed by atoms with Gasteiger partial charge in [-0.25, -0.2) is 27.0 Å². The quantitative estimate of drug-likeness (QED) is 0.245. The van der Waals surface area contributed by atoms with Crippen LogP contribution >= 0.6 is 0 Å². The monoisotopic (exact) mass is 644 g/mol. The third-order valence-electron chi connectivity index (χ3n) is 7.44. The van der Waals surface area contributed by atoms with Gasteiger partial charge in [0, 0.05) is 55.7 Å². The Morgan fingerprint density at radius 1 is 1.11 bits per heavy atom. The molecule has 1 aliphatic rings. The number of ether oxygens (including phenoxy) is 1. The van der Waals surface area contributed by atoms with Crippen molar-refractivity contribution in [3.8, 4) is 11.6 Å². The number of urea groups is 1. The maximum atomic E-state index is 14.4. The van der Waals surface area contributed by atoms with Crippen LogP contribution < -0.4 is 20.5 Å². The largest absolute Gasteiger partial charge is 0.439 e. The van der Waals surface area contributed by atoms with Crippen molar-refractivity contribution in [2.24, 2.45) is 5.73 Å². The lowest BCUT2D eigenvalue weighted by Crippen LogP contribution is -2.49. The second-order valence-corrected chi connectivity index (χ2v) is 12.9. The number of piperidine rings is 1. The predicted molar refractivity (Wildman–Crippen MR) is 168 cm³/mol. The number of carbonyl (C=O) groups excluding carboxylic acids is 2.